The minimum absolute atomic E-state index is 0.174. The molecule has 0 aliphatic carbocycles. The summed E-state index contributed by atoms with van der Waals surface area (Å²) in [4.78, 5) is 16.2. The van der Waals surface area contributed by atoms with Crippen LogP contribution in [0.25, 0.3) is 0 Å². The highest BCUT2D eigenvalue weighted by Gasteiger charge is 2.36. The Morgan fingerprint density at radius 1 is 1.50 bits per heavy atom. The van der Waals surface area contributed by atoms with Gasteiger partial charge in [-0.05, 0) is 50.2 Å². The molecule has 0 saturated carbocycles. The first kappa shape index (κ1) is 12.2. The molecule has 0 spiro atoms. The van der Waals surface area contributed by atoms with E-state index in [1.807, 2.05) is 11.3 Å². The van der Waals surface area contributed by atoms with Gasteiger partial charge in [-0.1, -0.05) is 0 Å². The number of hydrogen-bond donors (Lipinski definition) is 1. The number of rotatable bonds is 1. The molecule has 2 aliphatic heterocycles. The Labute approximate surface area is 112 Å². The lowest BCUT2D eigenvalue weighted by Gasteiger charge is -2.36. The largest absolute Gasteiger partial charge is 0.335 e. The zero-order valence-corrected chi connectivity index (χ0v) is 11.8. The fraction of sp³-hybridized carbons (Fsp3) is 0.643. The van der Waals surface area contributed by atoms with Crippen molar-refractivity contribution in [2.75, 3.05) is 13.1 Å². The van der Waals surface area contributed by atoms with Gasteiger partial charge in [0.25, 0.3) is 0 Å². The smallest absolute Gasteiger partial charge is 0.227 e. The Morgan fingerprint density at radius 3 is 3.06 bits per heavy atom. The van der Waals surface area contributed by atoms with Crippen LogP contribution < -0.4 is 5.32 Å². The average Bonchev–Trinajstić information content (AvgIpc) is 2.97. The molecule has 0 aromatic carbocycles. The molecule has 3 rings (SSSR count). The maximum absolute atomic E-state index is 12.6. The summed E-state index contributed by atoms with van der Waals surface area (Å²) in [5, 5.41) is 5.52. The first-order chi connectivity index (χ1) is 8.68. The molecule has 3 heterocycles. The molecule has 1 saturated heterocycles. The lowest BCUT2D eigenvalue weighted by atomic mass is 9.95. The molecule has 3 unspecified atom stereocenters. The minimum Gasteiger partial charge on any atom is -0.335 e. The van der Waals surface area contributed by atoms with Crippen molar-refractivity contribution < 1.29 is 4.79 Å². The van der Waals surface area contributed by atoms with Gasteiger partial charge in [0.05, 0.1) is 12.0 Å². The standard InChI is InChI=1S/C14H20N2OS/c1-9-11(3-6-15-9)14(17)16-7-4-13-12(10(16)2)5-8-18-13/h5,8-11,15H,3-4,6-7H2,1-2H3. The number of nitrogens with zero attached hydrogens (tertiary/aromatic N) is 1. The van der Waals surface area contributed by atoms with Crippen molar-refractivity contribution in [2.45, 2.75) is 38.8 Å². The van der Waals surface area contributed by atoms with Crippen molar-refractivity contribution in [1.29, 1.82) is 0 Å². The van der Waals surface area contributed by atoms with Crippen molar-refractivity contribution in [1.82, 2.24) is 10.2 Å². The fourth-order valence-electron chi connectivity index (χ4n) is 3.22. The Morgan fingerprint density at radius 2 is 2.33 bits per heavy atom. The molecule has 0 radical (unpaired) electrons. The summed E-state index contributed by atoms with van der Waals surface area (Å²) in [6.07, 6.45) is 2.01. The van der Waals surface area contributed by atoms with E-state index in [4.69, 9.17) is 0 Å². The SMILES string of the molecule is CC1NCCC1C(=O)N1CCc2sccc2C1C. The molecule has 1 aromatic heterocycles. The van der Waals surface area contributed by atoms with Crippen LogP contribution in [0.2, 0.25) is 0 Å². The van der Waals surface area contributed by atoms with Crippen LogP contribution in [-0.2, 0) is 11.2 Å². The summed E-state index contributed by atoms with van der Waals surface area (Å²) in [6.45, 7) is 6.15. The summed E-state index contributed by atoms with van der Waals surface area (Å²) in [7, 11) is 0. The van der Waals surface area contributed by atoms with Crippen LogP contribution in [0, 0.1) is 5.92 Å². The molecule has 2 aliphatic rings. The molecule has 3 atom stereocenters. The van der Waals surface area contributed by atoms with Crippen LogP contribution in [0.4, 0.5) is 0 Å². The number of carbonyl (C=O) groups excluding carboxylic acids is 1. The maximum atomic E-state index is 12.6. The van der Waals surface area contributed by atoms with Crippen LogP contribution in [-0.4, -0.2) is 29.9 Å². The molecule has 0 bridgehead atoms. The molecule has 1 amide bonds. The highest BCUT2D eigenvalue weighted by Crippen LogP contribution is 2.34. The first-order valence-corrected chi connectivity index (χ1v) is 7.66. The van der Waals surface area contributed by atoms with E-state index in [1.54, 1.807) is 0 Å². The Kier molecular flexibility index (Phi) is 3.16. The van der Waals surface area contributed by atoms with Crippen molar-refractivity contribution in [3.05, 3.63) is 21.9 Å². The third-order valence-corrected chi connectivity index (χ3v) is 5.40. The second-order valence-corrected chi connectivity index (χ2v) is 6.40. The number of carbonyl (C=O) groups is 1. The minimum atomic E-state index is 0.174. The summed E-state index contributed by atoms with van der Waals surface area (Å²) < 4.78 is 0. The molecule has 3 nitrogen and oxygen atoms in total. The molecular weight excluding hydrogens is 244 g/mol. The lowest BCUT2D eigenvalue weighted by molar-refractivity contribution is -0.138. The molecule has 1 N–H and O–H groups in total. The van der Waals surface area contributed by atoms with Gasteiger partial charge in [-0.3, -0.25) is 4.79 Å². The average molecular weight is 264 g/mol. The molecule has 18 heavy (non-hydrogen) atoms. The normalized spacial score (nSPS) is 31.4. The number of nitrogens with one attached hydrogen (secondary N) is 1. The topological polar surface area (TPSA) is 32.3 Å². The summed E-state index contributed by atoms with van der Waals surface area (Å²) in [5.74, 6) is 0.518. The Bertz CT molecular complexity index is 456. The number of thiophene rings is 1. The second kappa shape index (κ2) is 4.67. The third kappa shape index (κ3) is 1.88. The Hall–Kier alpha value is -0.870. The van der Waals surface area contributed by atoms with Crippen molar-refractivity contribution >= 4 is 17.2 Å². The van der Waals surface area contributed by atoms with Crippen LogP contribution >= 0.6 is 11.3 Å². The van der Waals surface area contributed by atoms with Crippen molar-refractivity contribution in [3.63, 3.8) is 0 Å². The molecule has 1 aromatic rings. The van der Waals surface area contributed by atoms with Gasteiger partial charge in [0, 0.05) is 17.5 Å². The van der Waals surface area contributed by atoms with Gasteiger partial charge in [0.15, 0.2) is 0 Å². The quantitative estimate of drug-likeness (QED) is 0.843. The van der Waals surface area contributed by atoms with Gasteiger partial charge in [-0.25, -0.2) is 0 Å². The van der Waals surface area contributed by atoms with E-state index in [2.05, 4.69) is 35.5 Å². The van der Waals surface area contributed by atoms with Crippen molar-refractivity contribution in [3.8, 4) is 0 Å². The van der Waals surface area contributed by atoms with Crippen molar-refractivity contribution in [2.24, 2.45) is 5.92 Å². The fourth-order valence-corrected chi connectivity index (χ4v) is 4.18. The van der Waals surface area contributed by atoms with E-state index in [0.717, 1.165) is 25.9 Å². The zero-order valence-electron chi connectivity index (χ0n) is 11.0. The molecule has 1 fully saturated rings. The van der Waals surface area contributed by atoms with E-state index in [9.17, 15) is 4.79 Å². The summed E-state index contributed by atoms with van der Waals surface area (Å²) in [5.41, 5.74) is 1.36. The number of hydrogen-bond acceptors (Lipinski definition) is 3. The van der Waals surface area contributed by atoms with Crippen LogP contribution in [0.15, 0.2) is 11.4 Å². The predicted octanol–water partition coefficient (Wildman–Crippen LogP) is 2.19. The van der Waals surface area contributed by atoms with E-state index >= 15 is 0 Å². The summed E-state index contributed by atoms with van der Waals surface area (Å²) >= 11 is 1.83. The number of fused-ring (bicyclic) bond motifs is 1. The van der Waals surface area contributed by atoms with E-state index < -0.39 is 0 Å². The van der Waals surface area contributed by atoms with Crippen LogP contribution in [0.3, 0.4) is 0 Å². The predicted molar refractivity (Wildman–Crippen MR) is 73.7 cm³/mol. The maximum Gasteiger partial charge on any atom is 0.227 e. The van der Waals surface area contributed by atoms with Gasteiger partial charge in [-0.2, -0.15) is 0 Å². The Balaban J connectivity index is 1.80. The first-order valence-electron chi connectivity index (χ1n) is 6.78. The van der Waals surface area contributed by atoms with Crippen LogP contribution in [0.1, 0.15) is 36.8 Å². The lowest BCUT2D eigenvalue weighted by Crippen LogP contribution is -2.44. The zero-order chi connectivity index (χ0) is 12.7. The highest BCUT2D eigenvalue weighted by molar-refractivity contribution is 7.10. The second-order valence-electron chi connectivity index (χ2n) is 5.39. The molecular formula is C14H20N2OS. The van der Waals surface area contributed by atoms with Gasteiger partial charge in [0.1, 0.15) is 0 Å². The number of amides is 1. The summed E-state index contributed by atoms with van der Waals surface area (Å²) in [6, 6.07) is 2.76. The highest BCUT2D eigenvalue weighted by atomic mass is 32.1. The van der Waals surface area contributed by atoms with Crippen LogP contribution in [0.5, 0.6) is 0 Å². The van der Waals surface area contributed by atoms with E-state index in [-0.39, 0.29) is 12.0 Å². The third-order valence-electron chi connectivity index (χ3n) is 4.40. The monoisotopic (exact) mass is 264 g/mol. The van der Waals surface area contributed by atoms with Gasteiger partial charge >= 0.3 is 0 Å². The molecule has 98 valence electrons. The van der Waals surface area contributed by atoms with Gasteiger partial charge in [0.2, 0.25) is 5.91 Å². The molecule has 4 heteroatoms. The van der Waals surface area contributed by atoms with E-state index in [1.165, 1.54) is 10.4 Å². The van der Waals surface area contributed by atoms with E-state index in [0.29, 0.717) is 11.9 Å². The van der Waals surface area contributed by atoms with Gasteiger partial charge < -0.3 is 10.2 Å². The van der Waals surface area contributed by atoms with Gasteiger partial charge in [-0.15, -0.1) is 11.3 Å².